The highest BCUT2D eigenvalue weighted by molar-refractivity contribution is 9.11. The van der Waals surface area contributed by atoms with E-state index in [0.717, 1.165) is 21.4 Å². The zero-order valence-corrected chi connectivity index (χ0v) is 22.3. The number of imidazole rings is 1. The van der Waals surface area contributed by atoms with Crippen LogP contribution < -0.4 is 0 Å². The third kappa shape index (κ3) is 4.08. The molecule has 33 heavy (non-hydrogen) atoms. The second-order valence-corrected chi connectivity index (χ2v) is 10.9. The fourth-order valence-corrected chi connectivity index (χ4v) is 4.85. The Morgan fingerprint density at radius 1 is 0.970 bits per heavy atom. The number of benzene rings is 2. The largest absolute Gasteiger partial charge is 0.292 e. The minimum atomic E-state index is 0.319. The van der Waals surface area contributed by atoms with Crippen LogP contribution in [0.1, 0.15) is 51.4 Å². The normalized spacial score (nSPS) is 13.6. The van der Waals surface area contributed by atoms with E-state index in [2.05, 4.69) is 118 Å². The van der Waals surface area contributed by atoms with Crippen LogP contribution in [0, 0.1) is 25.7 Å². The van der Waals surface area contributed by atoms with Crippen LogP contribution in [-0.4, -0.2) is 9.38 Å². The maximum atomic E-state index is 4.99. The zero-order valence-electron chi connectivity index (χ0n) is 20.8. The van der Waals surface area contributed by atoms with Gasteiger partial charge in [-0.05, 0) is 83.0 Å². The molecule has 0 radical (unpaired) electrons. The van der Waals surface area contributed by atoms with Gasteiger partial charge in [0.2, 0.25) is 0 Å². The third-order valence-corrected chi connectivity index (χ3v) is 6.84. The predicted molar refractivity (Wildman–Crippen MR) is 148 cm³/mol. The Labute approximate surface area is 205 Å². The van der Waals surface area contributed by atoms with E-state index >= 15 is 0 Å². The van der Waals surface area contributed by atoms with Crippen LogP contribution in [0.3, 0.4) is 0 Å². The minimum Gasteiger partial charge on any atom is -0.292 e. The molecule has 3 heteroatoms. The monoisotopic (exact) mass is 500 g/mol. The summed E-state index contributed by atoms with van der Waals surface area (Å²) in [6.45, 7) is 20.0. The quantitative estimate of drug-likeness (QED) is 0.197. The van der Waals surface area contributed by atoms with E-state index in [0.29, 0.717) is 11.8 Å². The first-order valence-electron chi connectivity index (χ1n) is 11.7. The Morgan fingerprint density at radius 2 is 1.61 bits per heavy atom. The van der Waals surface area contributed by atoms with Crippen LogP contribution in [0.5, 0.6) is 0 Å². The lowest BCUT2D eigenvalue weighted by atomic mass is 9.86. The maximum Gasteiger partial charge on any atom is 0.145 e. The van der Waals surface area contributed by atoms with Crippen molar-refractivity contribution in [3.8, 4) is 0 Å². The van der Waals surface area contributed by atoms with Crippen LogP contribution >= 0.6 is 15.9 Å². The molecule has 0 aliphatic rings. The van der Waals surface area contributed by atoms with Gasteiger partial charge in [0.25, 0.3) is 0 Å². The van der Waals surface area contributed by atoms with Crippen molar-refractivity contribution in [2.75, 3.05) is 0 Å². The van der Waals surface area contributed by atoms with E-state index in [1.54, 1.807) is 0 Å². The summed E-state index contributed by atoms with van der Waals surface area (Å²) >= 11 is 3.68. The first-order chi connectivity index (χ1) is 15.6. The molecule has 2 aromatic carbocycles. The van der Waals surface area contributed by atoms with E-state index in [-0.39, 0.29) is 0 Å². The van der Waals surface area contributed by atoms with Crippen molar-refractivity contribution in [3.05, 3.63) is 87.7 Å². The number of fused-ring (bicyclic) bond motifs is 6. The smallest absolute Gasteiger partial charge is 0.145 e. The van der Waals surface area contributed by atoms with Gasteiger partial charge in [0.05, 0.1) is 17.4 Å². The molecule has 0 spiro atoms. The molecule has 0 unspecified atom stereocenters. The lowest BCUT2D eigenvalue weighted by Gasteiger charge is -2.22. The second-order valence-electron chi connectivity index (χ2n) is 9.70. The predicted octanol–water partition coefficient (Wildman–Crippen LogP) is 9.18. The van der Waals surface area contributed by atoms with Crippen LogP contribution in [0.15, 0.2) is 70.9 Å². The average molecular weight is 502 g/mol. The highest BCUT2D eigenvalue weighted by atomic mass is 79.9. The van der Waals surface area contributed by atoms with Gasteiger partial charge in [-0.1, -0.05) is 74.5 Å². The van der Waals surface area contributed by atoms with Crippen molar-refractivity contribution in [2.24, 2.45) is 11.8 Å². The van der Waals surface area contributed by atoms with Crippen molar-refractivity contribution in [1.29, 1.82) is 0 Å². The molecule has 0 fully saturated rings. The first kappa shape index (κ1) is 23.5. The van der Waals surface area contributed by atoms with Crippen molar-refractivity contribution >= 4 is 48.8 Å². The minimum absolute atomic E-state index is 0.319. The lowest BCUT2D eigenvalue weighted by Crippen LogP contribution is -2.07. The first-order valence-corrected chi connectivity index (χ1v) is 12.5. The number of halogens is 1. The number of pyridine rings is 1. The molecule has 2 heterocycles. The summed E-state index contributed by atoms with van der Waals surface area (Å²) in [5.74, 6) is 0.656. The standard InChI is InChI=1S/C30H33BrN2/c1-17(2)22(8)29(25(18(3)4)15-21(7)31)28-16-32-30-24-12-10-9-11-23(24)26-13-19(5)20(6)14-27(26)33(28)30/h9-18H,8H2,1-7H3/b21-15+,29-25-. The van der Waals surface area contributed by atoms with Crippen LogP contribution in [0.2, 0.25) is 0 Å². The molecule has 170 valence electrons. The maximum absolute atomic E-state index is 4.99. The Balaban J connectivity index is 2.27. The second kappa shape index (κ2) is 8.95. The zero-order chi connectivity index (χ0) is 24.0. The summed E-state index contributed by atoms with van der Waals surface area (Å²) in [7, 11) is 0. The van der Waals surface area contributed by atoms with Crippen LogP contribution in [0.4, 0.5) is 0 Å². The molecule has 0 bridgehead atoms. The number of aryl methyl sites for hydroxylation is 2. The van der Waals surface area contributed by atoms with Crippen LogP contribution in [0.25, 0.3) is 32.9 Å². The van der Waals surface area contributed by atoms with Crippen molar-refractivity contribution < 1.29 is 0 Å². The molecule has 2 nitrogen and oxygen atoms in total. The molecule has 0 amide bonds. The highest BCUT2D eigenvalue weighted by Gasteiger charge is 2.22. The van der Waals surface area contributed by atoms with Gasteiger partial charge in [-0.3, -0.25) is 4.40 Å². The molecule has 0 aliphatic carbocycles. The number of nitrogens with zero attached hydrogens (tertiary/aromatic N) is 2. The van der Waals surface area contributed by atoms with Gasteiger partial charge in [0.1, 0.15) is 5.65 Å². The summed E-state index contributed by atoms with van der Waals surface area (Å²) < 4.78 is 3.46. The number of aromatic nitrogens is 2. The van der Waals surface area contributed by atoms with Crippen LogP contribution in [-0.2, 0) is 0 Å². The molecule has 0 saturated heterocycles. The Kier molecular flexibility index (Phi) is 6.37. The van der Waals surface area contributed by atoms with Crippen molar-refractivity contribution in [3.63, 3.8) is 0 Å². The lowest BCUT2D eigenvalue weighted by molar-refractivity contribution is 0.771. The molecule has 0 saturated carbocycles. The summed E-state index contributed by atoms with van der Waals surface area (Å²) in [6, 6.07) is 13.2. The van der Waals surface area contributed by atoms with Gasteiger partial charge in [0.15, 0.2) is 0 Å². The van der Waals surface area contributed by atoms with Crippen molar-refractivity contribution in [1.82, 2.24) is 9.38 Å². The van der Waals surface area contributed by atoms with Gasteiger partial charge in [0, 0.05) is 16.3 Å². The Bertz CT molecular complexity index is 1460. The molecule has 4 aromatic rings. The number of rotatable bonds is 5. The van der Waals surface area contributed by atoms with E-state index in [9.17, 15) is 0 Å². The number of hydrogen-bond donors (Lipinski definition) is 0. The molecule has 0 atom stereocenters. The van der Waals surface area contributed by atoms with E-state index in [1.165, 1.54) is 43.9 Å². The fourth-order valence-electron chi connectivity index (χ4n) is 4.60. The molecular formula is C30H33BrN2. The van der Waals surface area contributed by atoms with E-state index in [1.807, 2.05) is 6.20 Å². The summed E-state index contributed by atoms with van der Waals surface area (Å²) in [5.41, 5.74) is 9.48. The number of allylic oxidation sites excluding steroid dienone is 5. The summed E-state index contributed by atoms with van der Waals surface area (Å²) in [5, 5.41) is 3.68. The highest BCUT2D eigenvalue weighted by Crippen LogP contribution is 2.39. The van der Waals surface area contributed by atoms with E-state index < -0.39 is 0 Å². The molecule has 2 aromatic heterocycles. The van der Waals surface area contributed by atoms with Gasteiger partial charge >= 0.3 is 0 Å². The molecule has 0 N–H and O–H groups in total. The average Bonchev–Trinajstić information content (AvgIpc) is 3.19. The molecule has 4 rings (SSSR count). The third-order valence-electron chi connectivity index (χ3n) is 6.61. The molecule has 0 aliphatic heterocycles. The van der Waals surface area contributed by atoms with Gasteiger partial charge in [-0.15, -0.1) is 0 Å². The number of hydrogen-bond acceptors (Lipinski definition) is 1. The van der Waals surface area contributed by atoms with Gasteiger partial charge in [-0.25, -0.2) is 4.98 Å². The molecular weight excluding hydrogens is 468 g/mol. The Morgan fingerprint density at radius 3 is 2.21 bits per heavy atom. The summed E-state index contributed by atoms with van der Waals surface area (Å²) in [6.07, 6.45) is 4.28. The summed E-state index contributed by atoms with van der Waals surface area (Å²) in [4.78, 5) is 4.99. The Hall–Kier alpha value is -2.65. The van der Waals surface area contributed by atoms with E-state index in [4.69, 9.17) is 4.98 Å². The van der Waals surface area contributed by atoms with Crippen molar-refractivity contribution in [2.45, 2.75) is 48.5 Å². The topological polar surface area (TPSA) is 17.3 Å². The SMILES string of the molecule is C=C(/C(=C(\C=C(/C)Br)C(C)C)c1cnc2c3ccccc3c3cc(C)c(C)cc3n12)C(C)C. The fraction of sp³-hybridized carbons (Fsp3) is 0.300. The van der Waals surface area contributed by atoms with Gasteiger partial charge in [-0.2, -0.15) is 0 Å². The van der Waals surface area contributed by atoms with Gasteiger partial charge < -0.3 is 0 Å².